The molecule has 0 fully saturated rings. The average molecular weight is 301 g/mol. The third kappa shape index (κ3) is 5.46. The van der Waals surface area contributed by atoms with Crippen molar-refractivity contribution in [2.24, 2.45) is 0 Å². The number of nitrogens with one attached hydrogen (secondary N) is 2. The van der Waals surface area contributed by atoms with Crippen LogP contribution in [0.4, 0.5) is 10.5 Å². The number of hydrogen-bond acceptors (Lipinski definition) is 3. The molecule has 0 radical (unpaired) electrons. The summed E-state index contributed by atoms with van der Waals surface area (Å²) in [7, 11) is 1.59. The Kier molecular flexibility index (Phi) is 6.27. The van der Waals surface area contributed by atoms with Gasteiger partial charge in [-0.2, -0.15) is 0 Å². The zero-order valence-corrected chi connectivity index (χ0v) is 12.0. The third-order valence-electron chi connectivity index (χ3n) is 2.54. The lowest BCUT2D eigenvalue weighted by Gasteiger charge is -2.14. The molecule has 0 saturated heterocycles. The van der Waals surface area contributed by atoms with Gasteiger partial charge < -0.3 is 20.5 Å². The molecule has 1 unspecified atom stereocenters. The first-order chi connectivity index (χ1) is 9.42. The van der Waals surface area contributed by atoms with Crippen LogP contribution in [-0.2, 0) is 4.74 Å². The topological polar surface area (TPSA) is 87.7 Å². The minimum absolute atomic E-state index is 0.0141. The lowest BCUT2D eigenvalue weighted by Crippen LogP contribution is -2.36. The van der Waals surface area contributed by atoms with Crippen molar-refractivity contribution in [2.75, 3.05) is 19.0 Å². The second-order valence-corrected chi connectivity index (χ2v) is 4.75. The molecule has 0 spiro atoms. The molecule has 7 heteroatoms. The summed E-state index contributed by atoms with van der Waals surface area (Å²) < 4.78 is 4.92. The predicted molar refractivity (Wildman–Crippen MR) is 76.5 cm³/mol. The molecule has 0 bridgehead atoms. The van der Waals surface area contributed by atoms with Gasteiger partial charge in [-0.05, 0) is 31.5 Å². The van der Waals surface area contributed by atoms with E-state index in [1.807, 2.05) is 6.92 Å². The van der Waals surface area contributed by atoms with Gasteiger partial charge in [0.05, 0.1) is 5.56 Å². The molecule has 1 aromatic carbocycles. The minimum atomic E-state index is -1.11. The molecular weight excluding hydrogens is 284 g/mol. The average Bonchev–Trinajstić information content (AvgIpc) is 2.35. The van der Waals surface area contributed by atoms with Gasteiger partial charge in [0.15, 0.2) is 0 Å². The molecule has 0 aromatic heterocycles. The van der Waals surface area contributed by atoms with Crippen LogP contribution in [0.2, 0.25) is 5.02 Å². The van der Waals surface area contributed by atoms with Gasteiger partial charge in [0.1, 0.15) is 0 Å². The quantitative estimate of drug-likeness (QED) is 0.753. The Morgan fingerprint density at radius 3 is 2.70 bits per heavy atom. The molecular formula is C13H17ClN2O4. The summed E-state index contributed by atoms with van der Waals surface area (Å²) in [4.78, 5) is 22.6. The van der Waals surface area contributed by atoms with Crippen LogP contribution >= 0.6 is 11.6 Å². The SMILES string of the molecule is COCCC(C)NC(=O)Nc1cc(Cl)cc(C(=O)O)c1. The van der Waals surface area contributed by atoms with E-state index in [0.717, 1.165) is 0 Å². The number of rotatable bonds is 6. The van der Waals surface area contributed by atoms with Crippen molar-refractivity contribution in [1.29, 1.82) is 0 Å². The fraction of sp³-hybridized carbons (Fsp3) is 0.385. The maximum absolute atomic E-state index is 11.7. The number of halogens is 1. The van der Waals surface area contributed by atoms with Crippen LogP contribution in [0.3, 0.4) is 0 Å². The molecule has 110 valence electrons. The first-order valence-corrected chi connectivity index (χ1v) is 6.40. The molecule has 1 rings (SSSR count). The number of carboxylic acid groups (broad SMARTS) is 1. The Hall–Kier alpha value is -1.79. The molecule has 0 aliphatic heterocycles. The Balaban J connectivity index is 2.64. The highest BCUT2D eigenvalue weighted by Gasteiger charge is 2.10. The summed E-state index contributed by atoms with van der Waals surface area (Å²) in [6.45, 7) is 2.39. The Bertz CT molecular complexity index is 493. The third-order valence-corrected chi connectivity index (χ3v) is 2.75. The highest BCUT2D eigenvalue weighted by atomic mass is 35.5. The number of carboxylic acids is 1. The number of anilines is 1. The van der Waals surface area contributed by atoms with Gasteiger partial charge >= 0.3 is 12.0 Å². The fourth-order valence-electron chi connectivity index (χ4n) is 1.54. The smallest absolute Gasteiger partial charge is 0.335 e. The summed E-state index contributed by atoms with van der Waals surface area (Å²) in [6.07, 6.45) is 0.680. The van der Waals surface area contributed by atoms with E-state index in [4.69, 9.17) is 21.4 Å². The maximum Gasteiger partial charge on any atom is 0.335 e. The van der Waals surface area contributed by atoms with Crippen molar-refractivity contribution in [3.05, 3.63) is 28.8 Å². The lowest BCUT2D eigenvalue weighted by molar-refractivity contribution is 0.0697. The van der Waals surface area contributed by atoms with Gasteiger partial charge in [-0.25, -0.2) is 9.59 Å². The van der Waals surface area contributed by atoms with Gasteiger partial charge in [-0.15, -0.1) is 0 Å². The number of ether oxygens (including phenoxy) is 1. The largest absolute Gasteiger partial charge is 0.478 e. The molecule has 1 atom stereocenters. The van der Waals surface area contributed by atoms with Crippen molar-refractivity contribution in [3.8, 4) is 0 Å². The Morgan fingerprint density at radius 1 is 1.40 bits per heavy atom. The standard InChI is InChI=1S/C13H17ClN2O4/c1-8(3-4-20-2)15-13(19)16-11-6-9(12(17)18)5-10(14)7-11/h5-8H,3-4H2,1-2H3,(H,17,18)(H2,15,16,19). The predicted octanol–water partition coefficient (Wildman–Crippen LogP) is 2.58. The van der Waals surface area contributed by atoms with Gasteiger partial charge in [-0.3, -0.25) is 0 Å². The molecule has 0 aliphatic rings. The molecule has 3 N–H and O–H groups in total. The van der Waals surface area contributed by atoms with Crippen LogP contribution in [0.25, 0.3) is 0 Å². The van der Waals surface area contributed by atoms with E-state index >= 15 is 0 Å². The fourth-order valence-corrected chi connectivity index (χ4v) is 1.78. The number of methoxy groups -OCH3 is 1. The molecule has 0 aliphatic carbocycles. The van der Waals surface area contributed by atoms with E-state index in [-0.39, 0.29) is 16.6 Å². The second kappa shape index (κ2) is 7.72. The van der Waals surface area contributed by atoms with Crippen molar-refractivity contribution < 1.29 is 19.4 Å². The van der Waals surface area contributed by atoms with Crippen molar-refractivity contribution in [3.63, 3.8) is 0 Å². The van der Waals surface area contributed by atoms with Gasteiger partial charge in [-0.1, -0.05) is 11.6 Å². The number of carbonyl (C=O) groups is 2. The summed E-state index contributed by atoms with van der Waals surface area (Å²) in [5, 5.41) is 14.4. The highest BCUT2D eigenvalue weighted by Crippen LogP contribution is 2.19. The molecule has 6 nitrogen and oxygen atoms in total. The number of aromatic carboxylic acids is 1. The maximum atomic E-state index is 11.7. The summed E-state index contributed by atoms with van der Waals surface area (Å²) in [5.74, 6) is -1.11. The zero-order valence-electron chi connectivity index (χ0n) is 11.3. The first-order valence-electron chi connectivity index (χ1n) is 6.02. The van der Waals surface area contributed by atoms with Crippen molar-refractivity contribution >= 4 is 29.3 Å². The molecule has 0 saturated carbocycles. The summed E-state index contributed by atoms with van der Waals surface area (Å²) in [5.41, 5.74) is 0.339. The molecule has 0 heterocycles. The molecule has 2 amide bonds. The first kappa shape index (κ1) is 16.3. The van der Waals surface area contributed by atoms with Gasteiger partial charge in [0, 0.05) is 30.5 Å². The second-order valence-electron chi connectivity index (χ2n) is 4.31. The highest BCUT2D eigenvalue weighted by molar-refractivity contribution is 6.31. The van der Waals surface area contributed by atoms with Crippen LogP contribution < -0.4 is 10.6 Å². The number of urea groups is 1. The molecule has 1 aromatic rings. The Morgan fingerprint density at radius 2 is 2.10 bits per heavy atom. The minimum Gasteiger partial charge on any atom is -0.478 e. The zero-order chi connectivity index (χ0) is 15.1. The van der Waals surface area contributed by atoms with Crippen LogP contribution in [-0.4, -0.2) is 36.9 Å². The number of hydrogen-bond donors (Lipinski definition) is 3. The van der Waals surface area contributed by atoms with E-state index in [0.29, 0.717) is 18.7 Å². The van der Waals surface area contributed by atoms with Crippen LogP contribution in [0.1, 0.15) is 23.7 Å². The van der Waals surface area contributed by atoms with E-state index in [2.05, 4.69) is 10.6 Å². The lowest BCUT2D eigenvalue weighted by atomic mass is 10.2. The van der Waals surface area contributed by atoms with Gasteiger partial charge in [0.25, 0.3) is 0 Å². The monoisotopic (exact) mass is 300 g/mol. The summed E-state index contributed by atoms with van der Waals surface area (Å²) in [6, 6.07) is 3.65. The normalized spacial score (nSPS) is 11.8. The molecule has 20 heavy (non-hydrogen) atoms. The van der Waals surface area contributed by atoms with Crippen LogP contribution in [0.15, 0.2) is 18.2 Å². The van der Waals surface area contributed by atoms with E-state index in [9.17, 15) is 9.59 Å². The van der Waals surface area contributed by atoms with Crippen LogP contribution in [0.5, 0.6) is 0 Å². The van der Waals surface area contributed by atoms with Crippen molar-refractivity contribution in [1.82, 2.24) is 5.32 Å². The number of amides is 2. The number of carbonyl (C=O) groups excluding carboxylic acids is 1. The Labute approximate surface area is 122 Å². The van der Waals surface area contributed by atoms with E-state index in [1.54, 1.807) is 7.11 Å². The van der Waals surface area contributed by atoms with Gasteiger partial charge in [0.2, 0.25) is 0 Å². The number of benzene rings is 1. The van der Waals surface area contributed by atoms with E-state index < -0.39 is 12.0 Å². The summed E-state index contributed by atoms with van der Waals surface area (Å²) >= 11 is 5.80. The van der Waals surface area contributed by atoms with Crippen molar-refractivity contribution in [2.45, 2.75) is 19.4 Å². The van der Waals surface area contributed by atoms with Crippen LogP contribution in [0, 0.1) is 0 Å². The van der Waals surface area contributed by atoms with E-state index in [1.165, 1.54) is 18.2 Å².